The number of rotatable bonds is 44. The molecule has 0 saturated carbocycles. The molecule has 1 fully saturated rings. The lowest BCUT2D eigenvalue weighted by atomic mass is 9.99. The van der Waals surface area contributed by atoms with Gasteiger partial charge in [-0.25, -0.2) is 0 Å². The van der Waals surface area contributed by atoms with Crippen LogP contribution in [0.5, 0.6) is 0 Å². The standard InChI is InChI=1S/C57H99NO10/c1-4-7-10-13-16-19-22-25-26-27-30-33-36-39-42-45-52(62)68-55-54(64)53(63)51(46-59)67-57(55)66-47-48(49(60)43-40-37-34-31-28-23-20-17-14-11-8-5-2)58-56(65)50(61)44-41-38-35-32-29-24-21-18-15-12-9-6-3/h9,12,15,18-19,21-22,24,29,32,40,43,48-51,53-55,57,59-61,63-64H,4-8,10-11,13-14,16-17,20,23,25-28,30-31,33-39,41-42,44-47H2,1-3H3,(H,58,65)/b12-9+,18-15+,22-19-,24-21-,32-29-,43-40+. The lowest BCUT2D eigenvalue weighted by Gasteiger charge is -2.41. The van der Waals surface area contributed by atoms with Gasteiger partial charge in [-0.05, 0) is 70.6 Å². The first-order valence-electron chi connectivity index (χ1n) is 27.3. The van der Waals surface area contributed by atoms with Crippen molar-refractivity contribution in [2.45, 2.75) is 262 Å². The minimum absolute atomic E-state index is 0.111. The Morgan fingerprint density at radius 2 is 1.07 bits per heavy atom. The summed E-state index contributed by atoms with van der Waals surface area (Å²) in [6.45, 7) is 5.57. The number of nitrogens with one attached hydrogen (secondary N) is 1. The van der Waals surface area contributed by atoms with Gasteiger partial charge in [0.2, 0.25) is 5.91 Å². The van der Waals surface area contributed by atoms with E-state index in [9.17, 15) is 35.1 Å². The highest BCUT2D eigenvalue weighted by Gasteiger charge is 2.47. The van der Waals surface area contributed by atoms with E-state index < -0.39 is 67.4 Å². The van der Waals surface area contributed by atoms with Crippen molar-refractivity contribution in [3.8, 4) is 0 Å². The Kier molecular flexibility index (Phi) is 42.0. The first-order chi connectivity index (χ1) is 33.2. The molecule has 1 saturated heterocycles. The molecule has 0 spiro atoms. The maximum absolute atomic E-state index is 13.3. The Morgan fingerprint density at radius 3 is 1.65 bits per heavy atom. The van der Waals surface area contributed by atoms with Gasteiger partial charge >= 0.3 is 5.97 Å². The van der Waals surface area contributed by atoms with Crippen LogP contribution < -0.4 is 5.32 Å². The molecule has 1 heterocycles. The van der Waals surface area contributed by atoms with Crippen molar-refractivity contribution in [3.05, 3.63) is 72.9 Å². The Morgan fingerprint density at radius 1 is 0.588 bits per heavy atom. The van der Waals surface area contributed by atoms with Gasteiger partial charge in [0.1, 0.15) is 24.4 Å². The highest BCUT2D eigenvalue weighted by molar-refractivity contribution is 5.80. The fourth-order valence-electron chi connectivity index (χ4n) is 8.07. The van der Waals surface area contributed by atoms with E-state index in [1.165, 1.54) is 89.9 Å². The third kappa shape index (κ3) is 33.6. The Bertz CT molecular complexity index is 1380. The average Bonchev–Trinajstić information content (AvgIpc) is 3.33. The van der Waals surface area contributed by atoms with Crippen molar-refractivity contribution < 1.29 is 49.3 Å². The van der Waals surface area contributed by atoms with Gasteiger partial charge in [0.15, 0.2) is 12.4 Å². The van der Waals surface area contributed by atoms with Crippen LogP contribution in [0.2, 0.25) is 0 Å². The van der Waals surface area contributed by atoms with Gasteiger partial charge in [0.25, 0.3) is 0 Å². The number of allylic oxidation sites excluding steroid dienone is 11. The summed E-state index contributed by atoms with van der Waals surface area (Å²) in [5.41, 5.74) is 0. The molecule has 68 heavy (non-hydrogen) atoms. The number of hydrogen-bond donors (Lipinski definition) is 6. The number of unbranched alkanes of at least 4 members (excludes halogenated alkanes) is 23. The van der Waals surface area contributed by atoms with E-state index >= 15 is 0 Å². The molecule has 0 bridgehead atoms. The lowest BCUT2D eigenvalue weighted by Crippen LogP contribution is -2.61. The second-order valence-corrected chi connectivity index (χ2v) is 18.7. The van der Waals surface area contributed by atoms with E-state index in [0.29, 0.717) is 12.8 Å². The summed E-state index contributed by atoms with van der Waals surface area (Å²) < 4.78 is 17.5. The van der Waals surface area contributed by atoms with Crippen LogP contribution in [0.15, 0.2) is 72.9 Å². The van der Waals surface area contributed by atoms with E-state index in [2.05, 4.69) is 44.3 Å². The van der Waals surface area contributed by atoms with Crippen LogP contribution in [-0.4, -0.2) is 99.6 Å². The molecule has 11 heteroatoms. The summed E-state index contributed by atoms with van der Waals surface area (Å²) >= 11 is 0. The largest absolute Gasteiger partial charge is 0.454 e. The summed E-state index contributed by atoms with van der Waals surface area (Å²) in [5, 5.41) is 56.6. The molecule has 6 N–H and O–H groups in total. The molecule has 1 aliphatic heterocycles. The normalized spacial score (nSPS) is 20.5. The molecule has 0 aromatic rings. The van der Waals surface area contributed by atoms with Gasteiger partial charge < -0.3 is 45.1 Å². The zero-order valence-corrected chi connectivity index (χ0v) is 43.0. The minimum Gasteiger partial charge on any atom is -0.454 e. The molecule has 1 rings (SSSR count). The molecule has 0 aliphatic carbocycles. The molecule has 8 unspecified atom stereocenters. The van der Waals surface area contributed by atoms with Crippen molar-refractivity contribution in [2.75, 3.05) is 13.2 Å². The number of ether oxygens (including phenoxy) is 3. The van der Waals surface area contributed by atoms with Crippen LogP contribution in [0.4, 0.5) is 0 Å². The van der Waals surface area contributed by atoms with E-state index in [4.69, 9.17) is 14.2 Å². The number of esters is 1. The molecule has 0 aromatic heterocycles. The molecule has 8 atom stereocenters. The van der Waals surface area contributed by atoms with E-state index in [1.807, 2.05) is 48.6 Å². The zero-order valence-electron chi connectivity index (χ0n) is 43.0. The van der Waals surface area contributed by atoms with Crippen molar-refractivity contribution in [2.24, 2.45) is 0 Å². The maximum Gasteiger partial charge on any atom is 0.306 e. The SMILES string of the molecule is CC/C=C/C=C/C=C\C=C/CCCCC(O)C(=O)NC(COC1OC(CO)C(O)C(O)C1OC(=O)CCCCCCCCC/C=C\CCCCCC)C(O)/C=C/CCCCCCCCCCCC. The smallest absolute Gasteiger partial charge is 0.306 e. The summed E-state index contributed by atoms with van der Waals surface area (Å²) in [6.07, 6.45) is 45.3. The first-order valence-corrected chi connectivity index (χ1v) is 27.3. The van der Waals surface area contributed by atoms with Gasteiger partial charge in [0, 0.05) is 6.42 Å². The molecule has 1 aliphatic rings. The molecule has 1 amide bonds. The molecular weight excluding hydrogens is 859 g/mol. The lowest BCUT2D eigenvalue weighted by molar-refractivity contribution is -0.305. The van der Waals surface area contributed by atoms with E-state index in [0.717, 1.165) is 77.0 Å². The Balaban J connectivity index is 2.79. The van der Waals surface area contributed by atoms with Crippen LogP contribution in [0.25, 0.3) is 0 Å². The molecule has 0 aromatic carbocycles. The summed E-state index contributed by atoms with van der Waals surface area (Å²) in [4.78, 5) is 26.4. The van der Waals surface area contributed by atoms with Gasteiger partial charge in [-0.3, -0.25) is 9.59 Å². The van der Waals surface area contributed by atoms with Crippen LogP contribution >= 0.6 is 0 Å². The van der Waals surface area contributed by atoms with Crippen molar-refractivity contribution in [1.82, 2.24) is 5.32 Å². The first kappa shape index (κ1) is 63.1. The number of carbonyl (C=O) groups excluding carboxylic acids is 2. The molecule has 11 nitrogen and oxygen atoms in total. The third-order valence-corrected chi connectivity index (χ3v) is 12.4. The summed E-state index contributed by atoms with van der Waals surface area (Å²) in [7, 11) is 0. The predicted octanol–water partition coefficient (Wildman–Crippen LogP) is 11.7. The highest BCUT2D eigenvalue weighted by atomic mass is 16.7. The summed E-state index contributed by atoms with van der Waals surface area (Å²) in [5.74, 6) is -1.25. The average molecular weight is 958 g/mol. The maximum atomic E-state index is 13.3. The number of aliphatic hydroxyl groups is 5. The highest BCUT2D eigenvalue weighted by Crippen LogP contribution is 2.26. The van der Waals surface area contributed by atoms with Gasteiger partial charge in [-0.15, -0.1) is 0 Å². The Hall–Kier alpha value is -2.90. The molecular formula is C57H99NO10. The minimum atomic E-state index is -1.62. The van der Waals surface area contributed by atoms with Gasteiger partial charge in [-0.2, -0.15) is 0 Å². The zero-order chi connectivity index (χ0) is 49.7. The van der Waals surface area contributed by atoms with E-state index in [-0.39, 0.29) is 19.4 Å². The van der Waals surface area contributed by atoms with Gasteiger partial charge in [-0.1, -0.05) is 209 Å². The van der Waals surface area contributed by atoms with Gasteiger partial charge in [0.05, 0.1) is 25.4 Å². The quantitative estimate of drug-likeness (QED) is 0.0149. The number of amides is 1. The number of hydrogen-bond acceptors (Lipinski definition) is 10. The fraction of sp³-hybridized carbons (Fsp3) is 0.754. The van der Waals surface area contributed by atoms with E-state index in [1.54, 1.807) is 6.08 Å². The predicted molar refractivity (Wildman–Crippen MR) is 278 cm³/mol. The second kappa shape index (κ2) is 45.3. The molecule has 392 valence electrons. The Labute approximate surface area is 413 Å². The van der Waals surface area contributed by atoms with Crippen molar-refractivity contribution >= 4 is 11.9 Å². The van der Waals surface area contributed by atoms with Crippen LogP contribution in [0.3, 0.4) is 0 Å². The second-order valence-electron chi connectivity index (χ2n) is 18.7. The van der Waals surface area contributed by atoms with Crippen LogP contribution in [0.1, 0.15) is 213 Å². The topological polar surface area (TPSA) is 175 Å². The molecule has 0 radical (unpaired) electrons. The van der Waals surface area contributed by atoms with Crippen molar-refractivity contribution in [1.29, 1.82) is 0 Å². The third-order valence-electron chi connectivity index (χ3n) is 12.4. The monoisotopic (exact) mass is 958 g/mol. The summed E-state index contributed by atoms with van der Waals surface area (Å²) in [6, 6.07) is -1.05. The van der Waals surface area contributed by atoms with Crippen molar-refractivity contribution in [3.63, 3.8) is 0 Å². The van der Waals surface area contributed by atoms with Crippen LogP contribution in [-0.2, 0) is 23.8 Å². The number of carbonyl (C=O) groups is 2. The van der Waals surface area contributed by atoms with Crippen LogP contribution in [0, 0.1) is 0 Å². The fourth-order valence-corrected chi connectivity index (χ4v) is 8.07. The number of aliphatic hydroxyl groups excluding tert-OH is 5.